The van der Waals surface area contributed by atoms with Gasteiger partial charge in [-0.2, -0.15) is 0 Å². The van der Waals surface area contributed by atoms with Crippen LogP contribution < -0.4 is 15.4 Å². The molecule has 0 aliphatic carbocycles. The third-order valence-electron chi connectivity index (χ3n) is 3.00. The molecule has 0 bridgehead atoms. The molecular weight excluding hydrogens is 205 g/mol. The number of fused-ring (bicyclic) bond motifs is 1. The van der Waals surface area contributed by atoms with Crippen molar-refractivity contribution in [2.45, 2.75) is 26.2 Å². The molecule has 2 nitrogen and oxygen atoms in total. The molecule has 0 saturated carbocycles. The molecule has 15 heavy (non-hydrogen) atoms. The summed E-state index contributed by atoms with van der Waals surface area (Å²) in [5, 5.41) is 4.58. The number of ether oxygens (including phenoxy) is 1. The van der Waals surface area contributed by atoms with Gasteiger partial charge in [-0.3, -0.25) is 0 Å². The molecule has 82 valence electrons. The molecule has 1 aliphatic rings. The Morgan fingerprint density at radius 2 is 2.33 bits per heavy atom. The Hall–Kier alpha value is -0.750. The maximum Gasteiger partial charge on any atom is 0.143 e. The lowest BCUT2D eigenvalue weighted by Gasteiger charge is -2.23. The fourth-order valence-electron chi connectivity index (χ4n) is 1.82. The van der Waals surface area contributed by atoms with Gasteiger partial charge in [-0.15, -0.1) is 9.24 Å². The molecule has 0 amide bonds. The Morgan fingerprint density at radius 3 is 3.07 bits per heavy atom. The first-order valence-electron chi connectivity index (χ1n) is 5.52. The molecule has 1 aromatic rings. The fraction of sp³-hybridized carbons (Fsp3) is 0.500. The SMILES string of the molecule is CCC(C)c1cc(P)c2c(c1)OCCN2. The highest BCUT2D eigenvalue weighted by Gasteiger charge is 2.15. The van der Waals surface area contributed by atoms with Crippen LogP contribution in [0.1, 0.15) is 31.7 Å². The van der Waals surface area contributed by atoms with Gasteiger partial charge in [0.15, 0.2) is 0 Å². The van der Waals surface area contributed by atoms with Crippen molar-refractivity contribution in [3.8, 4) is 5.75 Å². The second-order valence-electron chi connectivity index (χ2n) is 4.07. The van der Waals surface area contributed by atoms with E-state index in [0.717, 1.165) is 31.0 Å². The summed E-state index contributed by atoms with van der Waals surface area (Å²) in [6.07, 6.45) is 1.16. The highest BCUT2D eigenvalue weighted by atomic mass is 31.0. The second kappa shape index (κ2) is 4.40. The maximum atomic E-state index is 5.66. The summed E-state index contributed by atoms with van der Waals surface area (Å²) in [6.45, 7) is 6.13. The average Bonchev–Trinajstić information content (AvgIpc) is 2.28. The second-order valence-corrected chi connectivity index (χ2v) is 4.69. The van der Waals surface area contributed by atoms with Gasteiger partial charge in [0.05, 0.1) is 5.69 Å². The molecule has 1 aromatic carbocycles. The molecular formula is C12H18NOP. The van der Waals surface area contributed by atoms with E-state index in [1.54, 1.807) is 0 Å². The number of rotatable bonds is 2. The number of hydrogen-bond acceptors (Lipinski definition) is 2. The highest BCUT2D eigenvalue weighted by Crippen LogP contribution is 2.31. The first-order chi connectivity index (χ1) is 7.22. The molecule has 2 atom stereocenters. The van der Waals surface area contributed by atoms with E-state index in [9.17, 15) is 0 Å². The van der Waals surface area contributed by atoms with Crippen molar-refractivity contribution in [3.63, 3.8) is 0 Å². The molecule has 2 rings (SSSR count). The lowest BCUT2D eigenvalue weighted by Crippen LogP contribution is -2.22. The van der Waals surface area contributed by atoms with Crippen LogP contribution in [0.2, 0.25) is 0 Å². The van der Waals surface area contributed by atoms with E-state index in [0.29, 0.717) is 5.92 Å². The molecule has 3 heteroatoms. The average molecular weight is 223 g/mol. The van der Waals surface area contributed by atoms with Crippen LogP contribution in [0.5, 0.6) is 5.75 Å². The number of benzene rings is 1. The van der Waals surface area contributed by atoms with E-state index in [-0.39, 0.29) is 0 Å². The summed E-state index contributed by atoms with van der Waals surface area (Å²) in [5.74, 6) is 1.60. The van der Waals surface area contributed by atoms with E-state index < -0.39 is 0 Å². The summed E-state index contributed by atoms with van der Waals surface area (Å²) in [6, 6.07) is 4.41. The van der Waals surface area contributed by atoms with Crippen molar-refractivity contribution in [2.75, 3.05) is 18.5 Å². The Kier molecular flexibility index (Phi) is 3.16. The van der Waals surface area contributed by atoms with Crippen LogP contribution in [-0.2, 0) is 0 Å². The van der Waals surface area contributed by atoms with Gasteiger partial charge in [-0.25, -0.2) is 0 Å². The van der Waals surface area contributed by atoms with Gasteiger partial charge in [0.2, 0.25) is 0 Å². The van der Waals surface area contributed by atoms with Gasteiger partial charge in [-0.1, -0.05) is 13.8 Å². The summed E-state index contributed by atoms with van der Waals surface area (Å²) in [7, 11) is 2.79. The molecule has 0 spiro atoms. The zero-order valence-corrected chi connectivity index (χ0v) is 10.5. The molecule has 2 unspecified atom stereocenters. The van der Waals surface area contributed by atoms with Crippen LogP contribution in [0, 0.1) is 0 Å². The first kappa shape index (κ1) is 10.8. The number of hydrogen-bond donors (Lipinski definition) is 1. The minimum Gasteiger partial charge on any atom is -0.490 e. The topological polar surface area (TPSA) is 21.3 Å². The van der Waals surface area contributed by atoms with Crippen LogP contribution >= 0.6 is 9.24 Å². The van der Waals surface area contributed by atoms with Crippen LogP contribution in [-0.4, -0.2) is 13.2 Å². The smallest absolute Gasteiger partial charge is 0.143 e. The zero-order chi connectivity index (χ0) is 10.8. The summed E-state index contributed by atoms with van der Waals surface area (Å²) >= 11 is 0. The van der Waals surface area contributed by atoms with Crippen molar-refractivity contribution >= 4 is 20.2 Å². The predicted octanol–water partition coefficient (Wildman–Crippen LogP) is 2.50. The summed E-state index contributed by atoms with van der Waals surface area (Å²) in [4.78, 5) is 0. The van der Waals surface area contributed by atoms with E-state index in [1.165, 1.54) is 10.9 Å². The Bertz CT molecular complexity index is 365. The normalized spacial score (nSPS) is 16.2. The lowest BCUT2D eigenvalue weighted by atomic mass is 9.98. The van der Waals surface area contributed by atoms with Gasteiger partial charge in [0.25, 0.3) is 0 Å². The van der Waals surface area contributed by atoms with E-state index in [1.807, 2.05) is 0 Å². The van der Waals surface area contributed by atoms with E-state index in [2.05, 4.69) is 40.5 Å². The Balaban J connectivity index is 2.40. The first-order valence-corrected chi connectivity index (χ1v) is 6.10. The zero-order valence-electron chi connectivity index (χ0n) is 9.34. The summed E-state index contributed by atoms with van der Waals surface area (Å²) < 4.78 is 5.66. The lowest BCUT2D eigenvalue weighted by molar-refractivity contribution is 0.323. The maximum absolute atomic E-state index is 5.66. The van der Waals surface area contributed by atoms with E-state index in [4.69, 9.17) is 4.74 Å². The van der Waals surface area contributed by atoms with E-state index >= 15 is 0 Å². The van der Waals surface area contributed by atoms with Gasteiger partial charge < -0.3 is 10.1 Å². The van der Waals surface area contributed by atoms with Crippen molar-refractivity contribution in [3.05, 3.63) is 17.7 Å². The van der Waals surface area contributed by atoms with Gasteiger partial charge in [0, 0.05) is 6.54 Å². The molecule has 0 radical (unpaired) electrons. The van der Waals surface area contributed by atoms with Crippen molar-refractivity contribution in [1.82, 2.24) is 0 Å². The minimum atomic E-state index is 0.597. The number of anilines is 1. The van der Waals surface area contributed by atoms with Crippen LogP contribution in [0.25, 0.3) is 0 Å². The monoisotopic (exact) mass is 223 g/mol. The Morgan fingerprint density at radius 1 is 1.53 bits per heavy atom. The molecule has 1 N–H and O–H groups in total. The van der Waals surface area contributed by atoms with Crippen molar-refractivity contribution in [1.29, 1.82) is 0 Å². The highest BCUT2D eigenvalue weighted by molar-refractivity contribution is 7.28. The molecule has 1 aliphatic heterocycles. The molecule has 1 heterocycles. The van der Waals surface area contributed by atoms with Crippen LogP contribution in [0.4, 0.5) is 5.69 Å². The molecule has 0 saturated heterocycles. The molecule has 0 aromatic heterocycles. The van der Waals surface area contributed by atoms with Gasteiger partial charge in [0.1, 0.15) is 12.4 Å². The van der Waals surface area contributed by atoms with Crippen molar-refractivity contribution in [2.24, 2.45) is 0 Å². The predicted molar refractivity (Wildman–Crippen MR) is 68.5 cm³/mol. The van der Waals surface area contributed by atoms with Crippen LogP contribution in [0.15, 0.2) is 12.1 Å². The van der Waals surface area contributed by atoms with Gasteiger partial charge in [-0.05, 0) is 35.3 Å². The van der Waals surface area contributed by atoms with Gasteiger partial charge >= 0.3 is 0 Å². The quantitative estimate of drug-likeness (QED) is 0.778. The van der Waals surface area contributed by atoms with Crippen molar-refractivity contribution < 1.29 is 4.74 Å². The standard InChI is InChI=1S/C12H18NOP/c1-3-8(2)9-6-10-12(11(15)7-9)13-4-5-14-10/h6-8,13H,3-5,15H2,1-2H3. The fourth-order valence-corrected chi connectivity index (χ4v) is 2.26. The minimum absolute atomic E-state index is 0.597. The molecule has 0 fully saturated rings. The van der Waals surface area contributed by atoms with Crippen LogP contribution in [0.3, 0.4) is 0 Å². The summed E-state index contributed by atoms with van der Waals surface area (Å²) in [5.41, 5.74) is 2.50. The largest absolute Gasteiger partial charge is 0.490 e. The Labute approximate surface area is 93.6 Å². The third-order valence-corrected chi connectivity index (χ3v) is 3.45. The third kappa shape index (κ3) is 2.10. The number of nitrogens with one attached hydrogen (secondary N) is 1.